The second kappa shape index (κ2) is 6.25. The molecule has 2 rings (SSSR count). The van der Waals surface area contributed by atoms with Crippen molar-refractivity contribution in [1.29, 1.82) is 0 Å². The maximum absolute atomic E-state index is 12.2. The quantitative estimate of drug-likeness (QED) is 0.857. The third-order valence-corrected chi connectivity index (χ3v) is 3.59. The predicted molar refractivity (Wildman–Crippen MR) is 76.0 cm³/mol. The molecule has 1 aliphatic rings. The van der Waals surface area contributed by atoms with Crippen molar-refractivity contribution in [2.75, 3.05) is 32.0 Å². The lowest BCUT2D eigenvalue weighted by Crippen LogP contribution is -2.46. The molecular formula is C13H17BrN2O3. The number of nitrogens with two attached hydrogens (primary N) is 1. The number of rotatable bonds is 3. The van der Waals surface area contributed by atoms with Crippen molar-refractivity contribution < 1.29 is 14.3 Å². The number of amides is 1. The van der Waals surface area contributed by atoms with Crippen molar-refractivity contribution in [2.45, 2.75) is 13.0 Å². The van der Waals surface area contributed by atoms with Crippen LogP contribution in [0.5, 0.6) is 5.75 Å². The fourth-order valence-electron chi connectivity index (χ4n) is 1.92. The highest BCUT2D eigenvalue weighted by atomic mass is 79.9. The zero-order valence-electron chi connectivity index (χ0n) is 10.8. The largest absolute Gasteiger partial charge is 0.478 e. The first kappa shape index (κ1) is 14.1. The van der Waals surface area contributed by atoms with Crippen molar-refractivity contribution in [3.8, 4) is 5.75 Å². The lowest BCUT2D eigenvalue weighted by molar-refractivity contribution is -0.142. The first-order chi connectivity index (χ1) is 9.09. The van der Waals surface area contributed by atoms with Gasteiger partial charge in [0, 0.05) is 13.1 Å². The van der Waals surface area contributed by atoms with Gasteiger partial charge >= 0.3 is 0 Å². The van der Waals surface area contributed by atoms with Crippen molar-refractivity contribution in [3.63, 3.8) is 0 Å². The number of carbonyl (C=O) groups excluding carboxylic acids is 1. The number of ether oxygens (including phenoxy) is 2. The molecule has 0 aromatic heterocycles. The Morgan fingerprint density at radius 3 is 2.79 bits per heavy atom. The summed E-state index contributed by atoms with van der Waals surface area (Å²) in [4.78, 5) is 14.0. The molecule has 0 saturated carbocycles. The van der Waals surface area contributed by atoms with Gasteiger partial charge in [0.1, 0.15) is 0 Å². The first-order valence-electron chi connectivity index (χ1n) is 6.17. The van der Waals surface area contributed by atoms with E-state index in [1.54, 1.807) is 17.9 Å². The number of benzene rings is 1. The van der Waals surface area contributed by atoms with E-state index in [0.717, 1.165) is 4.47 Å². The van der Waals surface area contributed by atoms with Gasteiger partial charge in [0.2, 0.25) is 0 Å². The zero-order chi connectivity index (χ0) is 13.8. The Hall–Kier alpha value is -1.27. The highest BCUT2D eigenvalue weighted by molar-refractivity contribution is 9.10. The molecular weight excluding hydrogens is 312 g/mol. The molecule has 1 aliphatic heterocycles. The van der Waals surface area contributed by atoms with Crippen molar-refractivity contribution >= 4 is 27.5 Å². The highest BCUT2D eigenvalue weighted by Gasteiger charge is 2.24. The van der Waals surface area contributed by atoms with E-state index in [2.05, 4.69) is 15.9 Å². The Morgan fingerprint density at radius 1 is 1.47 bits per heavy atom. The molecule has 2 N–H and O–H groups in total. The molecule has 0 bridgehead atoms. The molecule has 6 heteroatoms. The van der Waals surface area contributed by atoms with Crippen LogP contribution in [-0.2, 0) is 9.53 Å². The zero-order valence-corrected chi connectivity index (χ0v) is 12.4. The third kappa shape index (κ3) is 3.39. The van der Waals surface area contributed by atoms with E-state index < -0.39 is 6.10 Å². The second-order valence-electron chi connectivity index (χ2n) is 4.36. The van der Waals surface area contributed by atoms with Crippen LogP contribution < -0.4 is 10.5 Å². The van der Waals surface area contributed by atoms with Gasteiger partial charge in [-0.25, -0.2) is 0 Å². The molecule has 5 nitrogen and oxygen atoms in total. The van der Waals surface area contributed by atoms with E-state index in [0.29, 0.717) is 37.7 Å². The number of anilines is 1. The van der Waals surface area contributed by atoms with Crippen LogP contribution in [-0.4, -0.2) is 43.2 Å². The molecule has 1 amide bonds. The Balaban J connectivity index is 2.03. The predicted octanol–water partition coefficient (Wildman–Crippen LogP) is 1.66. The van der Waals surface area contributed by atoms with Gasteiger partial charge < -0.3 is 20.1 Å². The minimum Gasteiger partial charge on any atom is -0.478 e. The van der Waals surface area contributed by atoms with Crippen LogP contribution in [0.3, 0.4) is 0 Å². The van der Waals surface area contributed by atoms with E-state index in [-0.39, 0.29) is 5.91 Å². The fourth-order valence-corrected chi connectivity index (χ4v) is 2.39. The van der Waals surface area contributed by atoms with Crippen LogP contribution in [0, 0.1) is 0 Å². The average Bonchev–Trinajstić information content (AvgIpc) is 2.43. The van der Waals surface area contributed by atoms with Gasteiger partial charge in [-0.15, -0.1) is 0 Å². The number of nitrogens with zero attached hydrogens (tertiary/aromatic N) is 1. The summed E-state index contributed by atoms with van der Waals surface area (Å²) in [6.45, 7) is 4.11. The summed E-state index contributed by atoms with van der Waals surface area (Å²) in [5.74, 6) is 0.468. The van der Waals surface area contributed by atoms with Crippen LogP contribution in [0.1, 0.15) is 6.92 Å². The fraction of sp³-hybridized carbons (Fsp3) is 0.462. The molecule has 104 valence electrons. The van der Waals surface area contributed by atoms with Gasteiger partial charge in [0.05, 0.1) is 23.4 Å². The number of nitrogen functional groups attached to an aromatic ring is 1. The first-order valence-corrected chi connectivity index (χ1v) is 6.96. The molecule has 0 radical (unpaired) electrons. The van der Waals surface area contributed by atoms with Gasteiger partial charge in [0.25, 0.3) is 5.91 Å². The summed E-state index contributed by atoms with van der Waals surface area (Å²) in [5.41, 5.74) is 6.36. The number of hydrogen-bond donors (Lipinski definition) is 1. The molecule has 1 fully saturated rings. The maximum Gasteiger partial charge on any atom is 0.263 e. The molecule has 0 aliphatic carbocycles. The molecule has 1 aromatic rings. The van der Waals surface area contributed by atoms with E-state index in [9.17, 15) is 4.79 Å². The van der Waals surface area contributed by atoms with E-state index in [1.165, 1.54) is 0 Å². The summed E-state index contributed by atoms with van der Waals surface area (Å²) < 4.78 is 11.7. The summed E-state index contributed by atoms with van der Waals surface area (Å²) in [5, 5.41) is 0. The van der Waals surface area contributed by atoms with Crippen LogP contribution in [0.15, 0.2) is 22.7 Å². The van der Waals surface area contributed by atoms with Crippen LogP contribution in [0.2, 0.25) is 0 Å². The standard InChI is InChI=1S/C13H17BrN2O3/c1-9(13(17)16-5-7-18-8-6-16)19-12-10(14)3-2-4-11(12)15/h2-4,9H,5-8,15H2,1H3. The van der Waals surface area contributed by atoms with E-state index >= 15 is 0 Å². The molecule has 19 heavy (non-hydrogen) atoms. The lowest BCUT2D eigenvalue weighted by Gasteiger charge is -2.29. The smallest absolute Gasteiger partial charge is 0.263 e. The number of carbonyl (C=O) groups is 1. The molecule has 1 unspecified atom stereocenters. The summed E-state index contributed by atoms with van der Waals surface area (Å²) >= 11 is 3.37. The van der Waals surface area contributed by atoms with Gasteiger partial charge in [-0.1, -0.05) is 6.07 Å². The molecule has 1 heterocycles. The Morgan fingerprint density at radius 2 is 2.16 bits per heavy atom. The van der Waals surface area contributed by atoms with Crippen LogP contribution in [0.25, 0.3) is 0 Å². The molecule has 1 aromatic carbocycles. The van der Waals surface area contributed by atoms with Crippen molar-refractivity contribution in [3.05, 3.63) is 22.7 Å². The topological polar surface area (TPSA) is 64.8 Å². The number of halogens is 1. The van der Waals surface area contributed by atoms with Crippen LogP contribution >= 0.6 is 15.9 Å². The van der Waals surface area contributed by atoms with Crippen LogP contribution in [0.4, 0.5) is 5.69 Å². The van der Waals surface area contributed by atoms with Gasteiger partial charge in [-0.2, -0.15) is 0 Å². The molecule has 1 saturated heterocycles. The lowest BCUT2D eigenvalue weighted by atomic mass is 10.2. The summed E-state index contributed by atoms with van der Waals surface area (Å²) in [6, 6.07) is 5.39. The van der Waals surface area contributed by atoms with Crippen molar-refractivity contribution in [2.24, 2.45) is 0 Å². The number of para-hydroxylation sites is 1. The number of hydrogen-bond acceptors (Lipinski definition) is 4. The Bertz CT molecular complexity index is 441. The SMILES string of the molecule is CC(Oc1c(N)cccc1Br)C(=O)N1CCOCC1. The monoisotopic (exact) mass is 328 g/mol. The van der Waals surface area contributed by atoms with E-state index in [1.807, 2.05) is 12.1 Å². The summed E-state index contributed by atoms with van der Waals surface area (Å²) in [6.07, 6.45) is -0.570. The normalized spacial score (nSPS) is 17.1. The average molecular weight is 329 g/mol. The van der Waals surface area contributed by atoms with Gasteiger partial charge in [0.15, 0.2) is 11.9 Å². The molecule has 1 atom stereocenters. The Kier molecular flexibility index (Phi) is 4.66. The summed E-state index contributed by atoms with van der Waals surface area (Å²) in [7, 11) is 0. The highest BCUT2D eigenvalue weighted by Crippen LogP contribution is 2.31. The molecule has 0 spiro atoms. The third-order valence-electron chi connectivity index (χ3n) is 2.96. The van der Waals surface area contributed by atoms with Gasteiger partial charge in [-0.3, -0.25) is 4.79 Å². The van der Waals surface area contributed by atoms with Crippen molar-refractivity contribution in [1.82, 2.24) is 4.90 Å². The Labute approximate surface area is 120 Å². The van der Waals surface area contributed by atoms with Gasteiger partial charge in [-0.05, 0) is 35.0 Å². The number of morpholine rings is 1. The minimum absolute atomic E-state index is 0.0431. The maximum atomic E-state index is 12.2. The second-order valence-corrected chi connectivity index (χ2v) is 5.21. The minimum atomic E-state index is -0.570. The van der Waals surface area contributed by atoms with E-state index in [4.69, 9.17) is 15.2 Å².